The molecule has 0 spiro atoms. The number of benzene rings is 2. The predicted molar refractivity (Wildman–Crippen MR) is 144 cm³/mol. The summed E-state index contributed by atoms with van der Waals surface area (Å²) in [5, 5.41) is 4.51. The zero-order chi connectivity index (χ0) is 25.5. The van der Waals surface area contributed by atoms with E-state index in [4.69, 9.17) is 19.4 Å². The molecule has 1 N–H and O–H groups in total. The lowest BCUT2D eigenvalue weighted by molar-refractivity contribution is 0.0328. The summed E-state index contributed by atoms with van der Waals surface area (Å²) in [5.74, 6) is 1.70. The monoisotopic (exact) mass is 515 g/mol. The van der Waals surface area contributed by atoms with E-state index in [0.717, 1.165) is 39.1 Å². The maximum atomic E-state index is 15.6. The summed E-state index contributed by atoms with van der Waals surface area (Å²) in [5.41, 5.74) is 2.32. The van der Waals surface area contributed by atoms with Crippen molar-refractivity contribution in [2.75, 3.05) is 19.5 Å². The topological polar surface area (TPSA) is 74.1 Å². The first-order valence-corrected chi connectivity index (χ1v) is 12.9. The number of aromatic nitrogens is 4. The number of hydrogen-bond acceptors (Lipinski definition) is 7. The summed E-state index contributed by atoms with van der Waals surface area (Å²) in [4.78, 5) is 15.9. The molecule has 0 saturated heterocycles. The van der Waals surface area contributed by atoms with E-state index in [2.05, 4.69) is 10.3 Å². The first kappa shape index (κ1) is 23.6. The summed E-state index contributed by atoms with van der Waals surface area (Å²) in [6.07, 6.45) is 5.61. The molecule has 188 valence electrons. The lowest BCUT2D eigenvalue weighted by Crippen LogP contribution is -2.40. The standard InChI is InChI=1S/C28H26FN5O2S/c1-34-13-12-30-27(34)26-32-25(31-17-14-18(15-17)35-2)22-21(16-8-5-4-6-9-16)24(37-28(22)33-26)19-10-7-11-20(36-3)23(19)29/h4-13,17-18H,14-15H2,1-3H3,(H,31,32,33)/t17-,18-. The number of hydrogen-bond donors (Lipinski definition) is 1. The van der Waals surface area contributed by atoms with E-state index in [0.29, 0.717) is 23.0 Å². The Hall–Kier alpha value is -3.82. The van der Waals surface area contributed by atoms with Crippen molar-refractivity contribution in [2.45, 2.75) is 25.0 Å². The van der Waals surface area contributed by atoms with Gasteiger partial charge < -0.3 is 19.4 Å². The highest BCUT2D eigenvalue weighted by Crippen LogP contribution is 2.48. The van der Waals surface area contributed by atoms with E-state index in [1.165, 1.54) is 18.4 Å². The molecule has 1 fully saturated rings. The molecular formula is C28H26FN5O2S. The minimum Gasteiger partial charge on any atom is -0.494 e. The van der Waals surface area contributed by atoms with Crippen molar-refractivity contribution in [3.05, 3.63) is 66.7 Å². The van der Waals surface area contributed by atoms with Crippen LogP contribution >= 0.6 is 11.3 Å². The van der Waals surface area contributed by atoms with E-state index >= 15 is 4.39 Å². The van der Waals surface area contributed by atoms with Gasteiger partial charge in [-0.3, -0.25) is 0 Å². The van der Waals surface area contributed by atoms with Crippen molar-refractivity contribution >= 4 is 27.4 Å². The van der Waals surface area contributed by atoms with Crippen LogP contribution in [0.3, 0.4) is 0 Å². The molecule has 6 rings (SSSR count). The smallest absolute Gasteiger partial charge is 0.199 e. The number of nitrogens with one attached hydrogen (secondary N) is 1. The minimum absolute atomic E-state index is 0.201. The van der Waals surface area contributed by atoms with Crippen LogP contribution in [0.25, 0.3) is 43.4 Å². The SMILES string of the molecule is COc1cccc(-c2sc3nc(-c4nccn4C)nc(N[C@H]4C[C@H](OC)C4)c3c2-c2ccccc2)c1F. The van der Waals surface area contributed by atoms with Crippen molar-refractivity contribution in [1.82, 2.24) is 19.5 Å². The molecule has 0 bridgehead atoms. The fourth-order valence-electron chi connectivity index (χ4n) is 4.77. The summed E-state index contributed by atoms with van der Waals surface area (Å²) in [6, 6.07) is 15.4. The number of ether oxygens (including phenoxy) is 2. The second kappa shape index (κ2) is 9.57. The molecule has 0 atom stereocenters. The Morgan fingerprint density at radius 3 is 2.57 bits per heavy atom. The van der Waals surface area contributed by atoms with Gasteiger partial charge >= 0.3 is 0 Å². The van der Waals surface area contributed by atoms with Gasteiger partial charge in [-0.15, -0.1) is 11.3 Å². The molecule has 3 aromatic heterocycles. The number of halogens is 1. The van der Waals surface area contributed by atoms with Gasteiger partial charge in [0.1, 0.15) is 10.6 Å². The Kier molecular flexibility index (Phi) is 6.10. The van der Waals surface area contributed by atoms with Crippen LogP contribution < -0.4 is 10.1 Å². The van der Waals surface area contributed by atoms with Crippen LogP contribution in [0.1, 0.15) is 12.8 Å². The van der Waals surface area contributed by atoms with Crippen molar-refractivity contribution in [3.8, 4) is 39.0 Å². The molecule has 0 aliphatic heterocycles. The highest BCUT2D eigenvalue weighted by Gasteiger charge is 2.31. The second-order valence-corrected chi connectivity index (χ2v) is 10.1. The van der Waals surface area contributed by atoms with Crippen LogP contribution in [-0.2, 0) is 11.8 Å². The highest BCUT2D eigenvalue weighted by molar-refractivity contribution is 7.22. The number of methoxy groups -OCH3 is 2. The number of aryl methyl sites for hydroxylation is 1. The summed E-state index contributed by atoms with van der Waals surface area (Å²) < 4.78 is 28.3. The van der Waals surface area contributed by atoms with Gasteiger partial charge in [0.05, 0.1) is 18.6 Å². The first-order chi connectivity index (χ1) is 18.1. The summed E-state index contributed by atoms with van der Waals surface area (Å²) >= 11 is 1.45. The first-order valence-electron chi connectivity index (χ1n) is 12.1. The highest BCUT2D eigenvalue weighted by atomic mass is 32.1. The third-order valence-corrected chi connectivity index (χ3v) is 7.95. The molecule has 1 saturated carbocycles. The Bertz CT molecular complexity index is 1580. The molecule has 1 aliphatic rings. The van der Waals surface area contributed by atoms with Gasteiger partial charge in [-0.1, -0.05) is 42.5 Å². The Balaban J connectivity index is 1.63. The van der Waals surface area contributed by atoms with Crippen molar-refractivity contribution in [2.24, 2.45) is 7.05 Å². The molecule has 7 nitrogen and oxygen atoms in total. The third-order valence-electron chi connectivity index (χ3n) is 6.83. The molecule has 0 radical (unpaired) electrons. The number of nitrogens with zero attached hydrogens (tertiary/aromatic N) is 4. The number of fused-ring (bicyclic) bond motifs is 1. The van der Waals surface area contributed by atoms with Crippen molar-refractivity contribution < 1.29 is 13.9 Å². The van der Waals surface area contributed by atoms with Gasteiger partial charge in [0, 0.05) is 48.6 Å². The maximum absolute atomic E-state index is 15.6. The number of thiophene rings is 1. The molecule has 1 aliphatic carbocycles. The quantitative estimate of drug-likeness (QED) is 0.280. The minimum atomic E-state index is -0.401. The molecule has 2 aromatic carbocycles. The Morgan fingerprint density at radius 2 is 1.86 bits per heavy atom. The Labute approximate surface area is 217 Å². The van der Waals surface area contributed by atoms with Crippen LogP contribution in [0, 0.1) is 5.82 Å². The third kappa shape index (κ3) is 4.14. The van der Waals surface area contributed by atoms with E-state index in [-0.39, 0.29) is 17.9 Å². The van der Waals surface area contributed by atoms with E-state index in [1.54, 1.807) is 31.5 Å². The number of rotatable bonds is 7. The zero-order valence-electron chi connectivity index (χ0n) is 20.7. The average molecular weight is 516 g/mol. The van der Waals surface area contributed by atoms with Crippen LogP contribution in [0.15, 0.2) is 60.9 Å². The van der Waals surface area contributed by atoms with E-state index in [9.17, 15) is 0 Å². The number of imidazole rings is 1. The fourth-order valence-corrected chi connectivity index (χ4v) is 5.98. The van der Waals surface area contributed by atoms with Gasteiger partial charge in [-0.25, -0.2) is 19.3 Å². The van der Waals surface area contributed by atoms with Gasteiger partial charge in [0.2, 0.25) is 0 Å². The molecule has 0 amide bonds. The van der Waals surface area contributed by atoms with E-state index in [1.807, 2.05) is 48.1 Å². The molecule has 3 heterocycles. The average Bonchev–Trinajstić information content (AvgIpc) is 3.50. The Morgan fingerprint density at radius 1 is 1.05 bits per heavy atom. The van der Waals surface area contributed by atoms with Crippen LogP contribution in [0.2, 0.25) is 0 Å². The van der Waals surface area contributed by atoms with Crippen LogP contribution in [-0.4, -0.2) is 45.9 Å². The lowest BCUT2D eigenvalue weighted by atomic mass is 9.89. The number of anilines is 1. The van der Waals surface area contributed by atoms with Crippen LogP contribution in [0.5, 0.6) is 5.75 Å². The summed E-state index contributed by atoms with van der Waals surface area (Å²) in [6.45, 7) is 0. The van der Waals surface area contributed by atoms with Crippen molar-refractivity contribution in [3.63, 3.8) is 0 Å². The molecule has 5 aromatic rings. The fraction of sp³-hybridized carbons (Fsp3) is 0.250. The largest absolute Gasteiger partial charge is 0.494 e. The van der Waals surface area contributed by atoms with Gasteiger partial charge in [-0.05, 0) is 24.5 Å². The molecular weight excluding hydrogens is 489 g/mol. The zero-order valence-corrected chi connectivity index (χ0v) is 21.6. The lowest BCUT2D eigenvalue weighted by Gasteiger charge is -2.35. The summed E-state index contributed by atoms with van der Waals surface area (Å²) in [7, 11) is 5.13. The van der Waals surface area contributed by atoms with Gasteiger partial charge in [0.25, 0.3) is 0 Å². The van der Waals surface area contributed by atoms with Gasteiger partial charge in [0.15, 0.2) is 23.2 Å². The maximum Gasteiger partial charge on any atom is 0.199 e. The molecule has 0 unspecified atom stereocenters. The molecule has 9 heteroatoms. The molecule has 37 heavy (non-hydrogen) atoms. The predicted octanol–water partition coefficient (Wildman–Crippen LogP) is 6.16. The normalized spacial score (nSPS) is 17.1. The van der Waals surface area contributed by atoms with Gasteiger partial charge in [-0.2, -0.15) is 0 Å². The van der Waals surface area contributed by atoms with Crippen LogP contribution in [0.4, 0.5) is 10.2 Å². The second-order valence-electron chi connectivity index (χ2n) is 9.10. The van der Waals surface area contributed by atoms with Crippen molar-refractivity contribution in [1.29, 1.82) is 0 Å². The van der Waals surface area contributed by atoms with E-state index < -0.39 is 5.82 Å².